The summed E-state index contributed by atoms with van der Waals surface area (Å²) in [6.45, 7) is 0.246. The van der Waals surface area contributed by atoms with Gasteiger partial charge in [0.15, 0.2) is 17.1 Å². The minimum absolute atomic E-state index is 0.246. The van der Waals surface area contributed by atoms with Gasteiger partial charge < -0.3 is 20.1 Å². The standard InChI is InChI=1S/C25H26N6O2/c1-2-5-9-17(8-4-1)28-25-29-23(27-18-12-13-21-22(14-18)33-16-32-21)20-15-26-31(24(20)30-25)19-10-6-3-7-11-19/h3,6-7,10-15,17H,1-2,4-5,8-9,16H2,(H2,27,28,29,30). The van der Waals surface area contributed by atoms with Gasteiger partial charge in [0, 0.05) is 17.8 Å². The summed E-state index contributed by atoms with van der Waals surface area (Å²) in [5.41, 5.74) is 2.59. The molecule has 4 aromatic rings. The molecule has 33 heavy (non-hydrogen) atoms. The Morgan fingerprint density at radius 3 is 2.55 bits per heavy atom. The maximum atomic E-state index is 5.54. The molecule has 168 valence electrons. The van der Waals surface area contributed by atoms with E-state index in [9.17, 15) is 0 Å². The van der Waals surface area contributed by atoms with Crippen LogP contribution in [0.1, 0.15) is 38.5 Å². The Hall–Kier alpha value is -3.81. The van der Waals surface area contributed by atoms with Gasteiger partial charge in [-0.05, 0) is 37.1 Å². The first-order valence-electron chi connectivity index (χ1n) is 11.6. The van der Waals surface area contributed by atoms with E-state index in [1.807, 2.05) is 59.4 Å². The molecule has 8 nitrogen and oxygen atoms in total. The largest absolute Gasteiger partial charge is 0.454 e. The fourth-order valence-electron chi connectivity index (χ4n) is 4.54. The molecule has 0 unspecified atom stereocenters. The van der Waals surface area contributed by atoms with Crippen LogP contribution in [0.5, 0.6) is 11.5 Å². The predicted octanol–water partition coefficient (Wildman–Crippen LogP) is 5.42. The van der Waals surface area contributed by atoms with E-state index in [2.05, 4.69) is 15.7 Å². The zero-order chi connectivity index (χ0) is 22.0. The second-order valence-corrected chi connectivity index (χ2v) is 8.55. The number of fused-ring (bicyclic) bond motifs is 2. The van der Waals surface area contributed by atoms with E-state index in [1.165, 1.54) is 25.7 Å². The van der Waals surface area contributed by atoms with Gasteiger partial charge in [-0.2, -0.15) is 15.1 Å². The molecule has 2 aromatic heterocycles. The van der Waals surface area contributed by atoms with E-state index in [0.29, 0.717) is 17.8 Å². The molecule has 1 fully saturated rings. The highest BCUT2D eigenvalue weighted by Gasteiger charge is 2.19. The molecular formula is C25H26N6O2. The number of hydrogen-bond acceptors (Lipinski definition) is 7. The fraction of sp³-hybridized carbons (Fsp3) is 0.320. The normalized spacial score (nSPS) is 16.0. The number of benzene rings is 2. The first kappa shape index (κ1) is 19.8. The molecule has 2 N–H and O–H groups in total. The van der Waals surface area contributed by atoms with Gasteiger partial charge in [-0.3, -0.25) is 0 Å². The topological polar surface area (TPSA) is 86.1 Å². The predicted molar refractivity (Wildman–Crippen MR) is 128 cm³/mol. The maximum absolute atomic E-state index is 5.54. The van der Waals surface area contributed by atoms with E-state index in [4.69, 9.17) is 19.4 Å². The summed E-state index contributed by atoms with van der Waals surface area (Å²) in [4.78, 5) is 9.75. The average Bonchev–Trinajstić information content (AvgIpc) is 3.40. The van der Waals surface area contributed by atoms with Crippen molar-refractivity contribution < 1.29 is 9.47 Å². The van der Waals surface area contributed by atoms with Gasteiger partial charge in [0.1, 0.15) is 5.82 Å². The molecule has 0 radical (unpaired) electrons. The van der Waals surface area contributed by atoms with Gasteiger partial charge in [-0.1, -0.05) is 43.9 Å². The van der Waals surface area contributed by atoms with Crippen molar-refractivity contribution in [3.05, 3.63) is 54.7 Å². The van der Waals surface area contributed by atoms with Crippen LogP contribution < -0.4 is 20.1 Å². The summed E-state index contributed by atoms with van der Waals surface area (Å²) in [5.74, 6) is 2.80. The minimum Gasteiger partial charge on any atom is -0.454 e. The Balaban J connectivity index is 1.40. The molecule has 0 amide bonds. The summed E-state index contributed by atoms with van der Waals surface area (Å²) in [6, 6.07) is 16.2. The maximum Gasteiger partial charge on any atom is 0.231 e. The van der Waals surface area contributed by atoms with Crippen LogP contribution in [0.15, 0.2) is 54.7 Å². The molecular weight excluding hydrogens is 416 g/mol. The number of para-hydroxylation sites is 1. The molecule has 3 heterocycles. The number of hydrogen-bond donors (Lipinski definition) is 2. The Kier molecular flexibility index (Phi) is 5.18. The van der Waals surface area contributed by atoms with E-state index >= 15 is 0 Å². The van der Waals surface area contributed by atoms with Crippen molar-refractivity contribution in [1.82, 2.24) is 19.7 Å². The highest BCUT2D eigenvalue weighted by Crippen LogP contribution is 2.36. The van der Waals surface area contributed by atoms with Crippen LogP contribution in [-0.2, 0) is 0 Å². The first-order chi connectivity index (χ1) is 16.3. The molecule has 0 atom stereocenters. The minimum atomic E-state index is 0.246. The zero-order valence-corrected chi connectivity index (χ0v) is 18.3. The van der Waals surface area contributed by atoms with Gasteiger partial charge in [-0.25, -0.2) is 4.68 Å². The molecule has 0 saturated heterocycles. The quantitative estimate of drug-likeness (QED) is 0.399. The van der Waals surface area contributed by atoms with Crippen molar-refractivity contribution in [3.8, 4) is 17.2 Å². The third kappa shape index (κ3) is 4.04. The van der Waals surface area contributed by atoms with E-state index < -0.39 is 0 Å². The van der Waals surface area contributed by atoms with Crippen LogP contribution in [0.2, 0.25) is 0 Å². The lowest BCUT2D eigenvalue weighted by molar-refractivity contribution is 0.174. The lowest BCUT2D eigenvalue weighted by atomic mass is 10.1. The third-order valence-electron chi connectivity index (χ3n) is 6.25. The second kappa shape index (κ2) is 8.61. The number of nitrogens with zero attached hydrogens (tertiary/aromatic N) is 4. The molecule has 6 rings (SSSR count). The van der Waals surface area contributed by atoms with E-state index in [0.717, 1.165) is 46.7 Å². The first-order valence-corrected chi connectivity index (χ1v) is 11.6. The Morgan fingerprint density at radius 1 is 0.879 bits per heavy atom. The molecule has 0 spiro atoms. The SMILES string of the molecule is c1ccc(-n2ncc3c(Nc4ccc5c(c4)OCO5)nc(NC4CCCCCC4)nc32)cc1. The van der Waals surface area contributed by atoms with Crippen LogP contribution in [0, 0.1) is 0 Å². The smallest absolute Gasteiger partial charge is 0.231 e. The lowest BCUT2D eigenvalue weighted by Gasteiger charge is -2.17. The summed E-state index contributed by atoms with van der Waals surface area (Å²) in [7, 11) is 0. The summed E-state index contributed by atoms with van der Waals surface area (Å²) < 4.78 is 12.8. The van der Waals surface area contributed by atoms with Crippen LogP contribution >= 0.6 is 0 Å². The monoisotopic (exact) mass is 442 g/mol. The highest BCUT2D eigenvalue weighted by atomic mass is 16.7. The molecule has 1 aliphatic heterocycles. The molecule has 1 aliphatic carbocycles. The van der Waals surface area contributed by atoms with Crippen molar-refractivity contribution in [2.45, 2.75) is 44.6 Å². The zero-order valence-electron chi connectivity index (χ0n) is 18.3. The summed E-state index contributed by atoms with van der Waals surface area (Å²) in [6.07, 6.45) is 9.18. The van der Waals surface area contributed by atoms with Crippen LogP contribution in [0.25, 0.3) is 16.7 Å². The van der Waals surface area contributed by atoms with Gasteiger partial charge in [0.05, 0.1) is 17.3 Å². The number of nitrogens with one attached hydrogen (secondary N) is 2. The van der Waals surface area contributed by atoms with Crippen molar-refractivity contribution in [1.29, 1.82) is 0 Å². The van der Waals surface area contributed by atoms with Crippen LogP contribution in [0.4, 0.5) is 17.5 Å². The highest BCUT2D eigenvalue weighted by molar-refractivity contribution is 5.90. The third-order valence-corrected chi connectivity index (χ3v) is 6.25. The van der Waals surface area contributed by atoms with Crippen molar-refractivity contribution in [2.75, 3.05) is 17.4 Å². The average molecular weight is 443 g/mol. The summed E-state index contributed by atoms with van der Waals surface area (Å²) in [5, 5.41) is 12.5. The number of aromatic nitrogens is 4. The molecule has 2 aromatic carbocycles. The van der Waals surface area contributed by atoms with E-state index in [-0.39, 0.29) is 6.79 Å². The Morgan fingerprint density at radius 2 is 1.70 bits per heavy atom. The Labute approximate surface area is 192 Å². The molecule has 1 saturated carbocycles. The van der Waals surface area contributed by atoms with Gasteiger partial charge in [-0.15, -0.1) is 0 Å². The van der Waals surface area contributed by atoms with Crippen molar-refractivity contribution in [2.24, 2.45) is 0 Å². The number of ether oxygens (including phenoxy) is 2. The van der Waals surface area contributed by atoms with Crippen LogP contribution in [0.3, 0.4) is 0 Å². The van der Waals surface area contributed by atoms with E-state index in [1.54, 1.807) is 0 Å². The van der Waals surface area contributed by atoms with Crippen LogP contribution in [-0.4, -0.2) is 32.6 Å². The second-order valence-electron chi connectivity index (χ2n) is 8.55. The molecule has 2 aliphatic rings. The fourth-order valence-corrected chi connectivity index (χ4v) is 4.54. The molecule has 0 bridgehead atoms. The molecule has 8 heteroatoms. The Bertz CT molecular complexity index is 1260. The van der Waals surface area contributed by atoms with Gasteiger partial charge in [0.25, 0.3) is 0 Å². The van der Waals surface area contributed by atoms with Crippen molar-refractivity contribution >= 4 is 28.5 Å². The van der Waals surface area contributed by atoms with Gasteiger partial charge in [0.2, 0.25) is 12.7 Å². The number of anilines is 3. The number of rotatable bonds is 5. The summed E-state index contributed by atoms with van der Waals surface area (Å²) >= 11 is 0. The van der Waals surface area contributed by atoms with Gasteiger partial charge >= 0.3 is 0 Å². The van der Waals surface area contributed by atoms with Crippen molar-refractivity contribution in [3.63, 3.8) is 0 Å². The lowest BCUT2D eigenvalue weighted by Crippen LogP contribution is -2.20.